The molecule has 98 valence electrons. The summed E-state index contributed by atoms with van der Waals surface area (Å²) >= 11 is 0. The van der Waals surface area contributed by atoms with E-state index in [0.717, 1.165) is 11.3 Å². The van der Waals surface area contributed by atoms with Gasteiger partial charge in [0.05, 0.1) is 6.26 Å². The van der Waals surface area contributed by atoms with Crippen LogP contribution in [0.4, 0.5) is 0 Å². The number of hydrogen-bond donors (Lipinski definition) is 0. The molecular formula is C17H18O2. The van der Waals surface area contributed by atoms with Crippen molar-refractivity contribution in [2.24, 2.45) is 0 Å². The molecule has 0 radical (unpaired) electrons. The minimum Gasteiger partial charge on any atom is -0.469 e. The maximum Gasteiger partial charge on any atom is 0.137 e. The maximum absolute atomic E-state index is 12.0. The van der Waals surface area contributed by atoms with Crippen LogP contribution in [0.25, 0.3) is 0 Å². The van der Waals surface area contributed by atoms with Gasteiger partial charge in [-0.3, -0.25) is 4.79 Å². The molecule has 0 aliphatic heterocycles. The number of rotatable bonds is 5. The average molecular weight is 254 g/mol. The van der Waals surface area contributed by atoms with Crippen molar-refractivity contribution < 1.29 is 9.21 Å². The van der Waals surface area contributed by atoms with Gasteiger partial charge in [0.15, 0.2) is 0 Å². The largest absolute Gasteiger partial charge is 0.469 e. The Morgan fingerprint density at radius 1 is 1.16 bits per heavy atom. The van der Waals surface area contributed by atoms with Crippen LogP contribution in [0.5, 0.6) is 0 Å². The summed E-state index contributed by atoms with van der Waals surface area (Å²) < 4.78 is 5.24. The van der Waals surface area contributed by atoms with Gasteiger partial charge in [0.25, 0.3) is 0 Å². The zero-order valence-corrected chi connectivity index (χ0v) is 11.0. The molecule has 0 bridgehead atoms. The third kappa shape index (κ3) is 2.95. The number of Topliss-reactive ketones (excluding diaryl/α,β-unsaturated/α-hetero) is 1. The highest BCUT2D eigenvalue weighted by Crippen LogP contribution is 2.23. The Bertz CT molecular complexity index is 567. The fourth-order valence-corrected chi connectivity index (χ4v) is 2.77. The molecule has 0 saturated carbocycles. The molecule has 0 spiro atoms. The summed E-state index contributed by atoms with van der Waals surface area (Å²) in [5.74, 6) is 1.18. The molecule has 19 heavy (non-hydrogen) atoms. The summed E-state index contributed by atoms with van der Waals surface area (Å²) in [7, 11) is 0. The van der Waals surface area contributed by atoms with Gasteiger partial charge in [-0.2, -0.15) is 0 Å². The summed E-state index contributed by atoms with van der Waals surface area (Å²) in [5, 5.41) is 0. The Kier molecular flexibility index (Phi) is 3.49. The SMILES string of the molecule is O=C(CCc1ccco1)Cc1ccc2c(c1)CCC2. The van der Waals surface area contributed by atoms with Gasteiger partial charge in [0, 0.05) is 19.3 Å². The Morgan fingerprint density at radius 2 is 2.05 bits per heavy atom. The van der Waals surface area contributed by atoms with Crippen molar-refractivity contribution in [3.05, 3.63) is 59.0 Å². The highest BCUT2D eigenvalue weighted by atomic mass is 16.3. The van der Waals surface area contributed by atoms with Gasteiger partial charge in [-0.05, 0) is 48.1 Å². The molecule has 0 amide bonds. The van der Waals surface area contributed by atoms with E-state index in [9.17, 15) is 4.79 Å². The van der Waals surface area contributed by atoms with Crippen molar-refractivity contribution in [1.82, 2.24) is 0 Å². The van der Waals surface area contributed by atoms with Gasteiger partial charge < -0.3 is 4.42 Å². The number of furan rings is 1. The summed E-state index contributed by atoms with van der Waals surface area (Å²) in [4.78, 5) is 12.0. The minimum atomic E-state index is 0.286. The summed E-state index contributed by atoms with van der Waals surface area (Å²) in [6.07, 6.45) is 7.09. The number of aryl methyl sites for hydroxylation is 3. The van der Waals surface area contributed by atoms with Crippen molar-refractivity contribution in [3.8, 4) is 0 Å². The zero-order chi connectivity index (χ0) is 13.1. The zero-order valence-electron chi connectivity index (χ0n) is 11.0. The summed E-state index contributed by atoms with van der Waals surface area (Å²) in [5.41, 5.74) is 4.06. The molecule has 1 aliphatic carbocycles. The minimum absolute atomic E-state index is 0.286. The lowest BCUT2D eigenvalue weighted by atomic mass is 10.0. The number of ketones is 1. The molecule has 1 aromatic carbocycles. The predicted molar refractivity (Wildman–Crippen MR) is 74.2 cm³/mol. The first-order valence-electron chi connectivity index (χ1n) is 6.96. The van der Waals surface area contributed by atoms with Crippen molar-refractivity contribution in [2.75, 3.05) is 0 Å². The molecule has 1 aromatic heterocycles. The van der Waals surface area contributed by atoms with E-state index in [1.54, 1.807) is 6.26 Å². The van der Waals surface area contributed by atoms with Crippen molar-refractivity contribution >= 4 is 5.78 Å². The Balaban J connectivity index is 1.57. The first-order valence-corrected chi connectivity index (χ1v) is 6.96. The van der Waals surface area contributed by atoms with Crippen LogP contribution in [-0.2, 0) is 30.5 Å². The number of carbonyl (C=O) groups excluding carboxylic acids is 1. The highest BCUT2D eigenvalue weighted by molar-refractivity contribution is 5.81. The molecule has 0 unspecified atom stereocenters. The van der Waals surface area contributed by atoms with Crippen LogP contribution in [0.15, 0.2) is 41.0 Å². The van der Waals surface area contributed by atoms with Gasteiger partial charge >= 0.3 is 0 Å². The number of fused-ring (bicyclic) bond motifs is 1. The van der Waals surface area contributed by atoms with E-state index in [-0.39, 0.29) is 5.78 Å². The second kappa shape index (κ2) is 5.43. The molecule has 0 saturated heterocycles. The number of hydrogen-bond acceptors (Lipinski definition) is 2. The van der Waals surface area contributed by atoms with Crippen LogP contribution in [0, 0.1) is 0 Å². The first-order chi connectivity index (χ1) is 9.31. The molecule has 0 N–H and O–H groups in total. The average Bonchev–Trinajstić information content (AvgIpc) is 3.07. The molecule has 3 rings (SSSR count). The fraction of sp³-hybridized carbons (Fsp3) is 0.353. The number of carbonyl (C=O) groups is 1. The van der Waals surface area contributed by atoms with Gasteiger partial charge in [0.2, 0.25) is 0 Å². The van der Waals surface area contributed by atoms with Crippen molar-refractivity contribution in [3.63, 3.8) is 0 Å². The van der Waals surface area contributed by atoms with E-state index in [1.165, 1.54) is 30.4 Å². The van der Waals surface area contributed by atoms with Gasteiger partial charge in [-0.15, -0.1) is 0 Å². The molecule has 1 heterocycles. The van der Waals surface area contributed by atoms with E-state index in [2.05, 4.69) is 18.2 Å². The predicted octanol–water partition coefficient (Wildman–Crippen LogP) is 3.51. The van der Waals surface area contributed by atoms with Crippen molar-refractivity contribution in [1.29, 1.82) is 0 Å². The first kappa shape index (κ1) is 12.2. The Labute approximate surface area is 113 Å². The normalized spacial score (nSPS) is 13.5. The lowest BCUT2D eigenvalue weighted by Gasteiger charge is -2.04. The highest BCUT2D eigenvalue weighted by Gasteiger charge is 2.12. The van der Waals surface area contributed by atoms with Crippen molar-refractivity contribution in [2.45, 2.75) is 38.5 Å². The van der Waals surface area contributed by atoms with E-state index >= 15 is 0 Å². The van der Waals surface area contributed by atoms with Crippen LogP contribution in [0.3, 0.4) is 0 Å². The Morgan fingerprint density at radius 3 is 2.89 bits per heavy atom. The molecular weight excluding hydrogens is 236 g/mol. The summed E-state index contributed by atoms with van der Waals surface area (Å²) in [6, 6.07) is 10.3. The van der Waals surface area contributed by atoms with E-state index in [0.29, 0.717) is 19.3 Å². The van der Waals surface area contributed by atoms with Gasteiger partial charge in [-0.1, -0.05) is 18.2 Å². The van der Waals surface area contributed by atoms with Gasteiger partial charge in [0.1, 0.15) is 11.5 Å². The maximum atomic E-state index is 12.0. The van der Waals surface area contributed by atoms with Crippen LogP contribution in [0.1, 0.15) is 35.3 Å². The van der Waals surface area contributed by atoms with Crippen LogP contribution >= 0.6 is 0 Å². The van der Waals surface area contributed by atoms with Gasteiger partial charge in [-0.25, -0.2) is 0 Å². The molecule has 2 nitrogen and oxygen atoms in total. The van der Waals surface area contributed by atoms with E-state index < -0.39 is 0 Å². The fourth-order valence-electron chi connectivity index (χ4n) is 2.77. The standard InChI is InChI=1S/C17H18O2/c18-16(8-9-17-5-2-10-19-17)12-13-6-7-14-3-1-4-15(14)11-13/h2,5-7,10-11H,1,3-4,8-9,12H2. The molecule has 0 atom stereocenters. The van der Waals surface area contributed by atoms with Crippen LogP contribution in [-0.4, -0.2) is 5.78 Å². The smallest absolute Gasteiger partial charge is 0.137 e. The van der Waals surface area contributed by atoms with E-state index in [4.69, 9.17) is 4.42 Å². The number of benzene rings is 1. The molecule has 2 heteroatoms. The lowest BCUT2D eigenvalue weighted by molar-refractivity contribution is -0.118. The topological polar surface area (TPSA) is 30.2 Å². The second-order valence-corrected chi connectivity index (χ2v) is 5.25. The summed E-state index contributed by atoms with van der Waals surface area (Å²) in [6.45, 7) is 0. The quantitative estimate of drug-likeness (QED) is 0.817. The molecule has 1 aliphatic rings. The third-order valence-electron chi connectivity index (χ3n) is 3.79. The molecule has 2 aromatic rings. The van der Waals surface area contributed by atoms with E-state index in [1.807, 2.05) is 12.1 Å². The Hall–Kier alpha value is -1.83. The second-order valence-electron chi connectivity index (χ2n) is 5.25. The lowest BCUT2D eigenvalue weighted by Crippen LogP contribution is -2.04. The monoisotopic (exact) mass is 254 g/mol. The molecule has 0 fully saturated rings. The van der Waals surface area contributed by atoms with Crippen LogP contribution in [0.2, 0.25) is 0 Å². The van der Waals surface area contributed by atoms with Crippen LogP contribution < -0.4 is 0 Å². The third-order valence-corrected chi connectivity index (χ3v) is 3.79.